The molecular weight excluding hydrogens is 441 g/mol. The lowest BCUT2D eigenvalue weighted by molar-refractivity contribution is -0.124. The summed E-state index contributed by atoms with van der Waals surface area (Å²) < 4.78 is 13.5. The third kappa shape index (κ3) is 3.47. The Labute approximate surface area is 194 Å². The first-order valence-electron chi connectivity index (χ1n) is 10.4. The first kappa shape index (κ1) is 21.2. The lowest BCUT2D eigenvalue weighted by Gasteiger charge is -2.33. The Kier molecular flexibility index (Phi) is 5.17. The molecule has 3 aromatic rings. The van der Waals surface area contributed by atoms with E-state index in [1.807, 2.05) is 19.1 Å². The van der Waals surface area contributed by atoms with E-state index < -0.39 is 10.7 Å². The second-order valence-electron chi connectivity index (χ2n) is 7.96. The maximum atomic E-state index is 13.9. The molecule has 0 aliphatic carbocycles. The van der Waals surface area contributed by atoms with Gasteiger partial charge >= 0.3 is 0 Å². The highest BCUT2D eigenvalue weighted by Gasteiger charge is 2.61. The van der Waals surface area contributed by atoms with Crippen molar-refractivity contribution in [1.29, 1.82) is 0 Å². The van der Waals surface area contributed by atoms with Crippen LogP contribution in [0.5, 0.6) is 0 Å². The van der Waals surface area contributed by atoms with Gasteiger partial charge in [-0.2, -0.15) is 0 Å². The van der Waals surface area contributed by atoms with Crippen molar-refractivity contribution in [2.24, 2.45) is 0 Å². The van der Waals surface area contributed by atoms with Crippen molar-refractivity contribution < 1.29 is 18.8 Å². The van der Waals surface area contributed by atoms with E-state index in [1.165, 1.54) is 45.8 Å². The van der Waals surface area contributed by atoms with Gasteiger partial charge < -0.3 is 5.32 Å². The number of nitrogens with zero attached hydrogens (tertiary/aromatic N) is 2. The zero-order valence-electron chi connectivity index (χ0n) is 17.7. The Morgan fingerprint density at radius 1 is 1.03 bits per heavy atom. The molecule has 1 spiro atoms. The number of aryl methyl sites for hydroxylation is 1. The smallest absolute Gasteiger partial charge is 0.269 e. The number of rotatable bonds is 4. The van der Waals surface area contributed by atoms with Crippen molar-refractivity contribution >= 4 is 46.5 Å². The van der Waals surface area contributed by atoms with Crippen LogP contribution in [0.4, 0.5) is 21.5 Å². The van der Waals surface area contributed by atoms with Crippen LogP contribution in [0, 0.1) is 12.7 Å². The van der Waals surface area contributed by atoms with Gasteiger partial charge in [0.2, 0.25) is 16.7 Å². The number of hydrogen-bond acceptors (Lipinski definition) is 4. The summed E-state index contributed by atoms with van der Waals surface area (Å²) in [6.45, 7) is 1.76. The van der Waals surface area contributed by atoms with Crippen molar-refractivity contribution in [2.45, 2.75) is 11.8 Å². The summed E-state index contributed by atoms with van der Waals surface area (Å²) in [5.41, 5.74) is 3.36. The minimum Gasteiger partial charge on any atom is -0.325 e. The number of halogens is 1. The van der Waals surface area contributed by atoms with Gasteiger partial charge in [-0.05, 0) is 49.4 Å². The number of anilines is 3. The minimum atomic E-state index is -1.34. The van der Waals surface area contributed by atoms with Crippen LogP contribution in [0.1, 0.15) is 11.1 Å². The first-order valence-corrected chi connectivity index (χ1v) is 11.4. The number of carbonyl (C=O) groups is 3. The van der Waals surface area contributed by atoms with Gasteiger partial charge in [0.1, 0.15) is 12.4 Å². The number of benzene rings is 3. The van der Waals surface area contributed by atoms with E-state index in [0.29, 0.717) is 22.6 Å². The van der Waals surface area contributed by atoms with Crippen molar-refractivity contribution in [1.82, 2.24) is 0 Å². The highest BCUT2D eigenvalue weighted by molar-refractivity contribution is 8.02. The summed E-state index contributed by atoms with van der Waals surface area (Å²) in [5, 5.41) is 2.82. The molecule has 166 valence electrons. The number of para-hydroxylation sites is 1. The molecule has 5 rings (SSSR count). The Balaban J connectivity index is 1.50. The van der Waals surface area contributed by atoms with Crippen molar-refractivity contribution in [3.63, 3.8) is 0 Å². The Bertz CT molecular complexity index is 1260. The largest absolute Gasteiger partial charge is 0.325 e. The van der Waals surface area contributed by atoms with Crippen LogP contribution in [-0.4, -0.2) is 30.0 Å². The molecule has 0 unspecified atom stereocenters. The molecule has 1 N–H and O–H groups in total. The third-order valence-corrected chi connectivity index (χ3v) is 7.17. The topological polar surface area (TPSA) is 69.7 Å². The molecule has 8 heteroatoms. The van der Waals surface area contributed by atoms with Crippen LogP contribution >= 0.6 is 11.8 Å². The van der Waals surface area contributed by atoms with Crippen LogP contribution in [0.3, 0.4) is 0 Å². The molecule has 0 aromatic heterocycles. The number of thioether (sulfide) groups is 1. The monoisotopic (exact) mass is 461 g/mol. The van der Waals surface area contributed by atoms with Crippen molar-refractivity contribution in [3.05, 3.63) is 89.7 Å². The standard InChI is InChI=1S/C25H20FN3O3S/c1-16-6-10-18(11-7-16)27-22(30)14-28-21-5-3-2-4-20(21)25(24(28)32)29(23(31)15-33-25)19-12-8-17(26)9-13-19/h2-13H,14-15H2,1H3,(H,27,30)/t25-/m0/s1. The van der Waals surface area contributed by atoms with E-state index in [9.17, 15) is 18.8 Å². The predicted molar refractivity (Wildman–Crippen MR) is 127 cm³/mol. The van der Waals surface area contributed by atoms with E-state index in [0.717, 1.165) is 5.56 Å². The summed E-state index contributed by atoms with van der Waals surface area (Å²) in [5.74, 6) is -1.30. The summed E-state index contributed by atoms with van der Waals surface area (Å²) in [6.07, 6.45) is 0. The van der Waals surface area contributed by atoms with Crippen LogP contribution < -0.4 is 15.1 Å². The Hall–Kier alpha value is -3.65. The molecule has 2 aliphatic rings. The van der Waals surface area contributed by atoms with Gasteiger partial charge in [0.15, 0.2) is 0 Å². The average molecular weight is 462 g/mol. The molecule has 3 aromatic carbocycles. The zero-order chi connectivity index (χ0) is 23.2. The molecule has 1 atom stereocenters. The highest BCUT2D eigenvalue weighted by Crippen LogP contribution is 2.55. The van der Waals surface area contributed by atoms with E-state index in [-0.39, 0.29) is 30.0 Å². The summed E-state index contributed by atoms with van der Waals surface area (Å²) >= 11 is 1.21. The fraction of sp³-hybridized carbons (Fsp3) is 0.160. The fourth-order valence-corrected chi connectivity index (χ4v) is 5.64. The summed E-state index contributed by atoms with van der Waals surface area (Å²) in [7, 11) is 0. The molecule has 0 radical (unpaired) electrons. The second-order valence-corrected chi connectivity index (χ2v) is 9.13. The van der Waals surface area contributed by atoms with Gasteiger partial charge in [-0.15, -0.1) is 11.8 Å². The first-order chi connectivity index (χ1) is 15.9. The molecule has 2 aliphatic heterocycles. The molecule has 3 amide bonds. The Morgan fingerprint density at radius 2 is 1.73 bits per heavy atom. The van der Waals surface area contributed by atoms with Crippen LogP contribution in [0.2, 0.25) is 0 Å². The zero-order valence-corrected chi connectivity index (χ0v) is 18.6. The molecule has 33 heavy (non-hydrogen) atoms. The molecule has 1 fully saturated rings. The number of carbonyl (C=O) groups excluding carboxylic acids is 3. The number of hydrogen-bond donors (Lipinski definition) is 1. The van der Waals surface area contributed by atoms with E-state index in [4.69, 9.17) is 0 Å². The van der Waals surface area contributed by atoms with Gasteiger partial charge in [0.25, 0.3) is 5.91 Å². The van der Waals surface area contributed by atoms with Crippen molar-refractivity contribution in [3.8, 4) is 0 Å². The SMILES string of the molecule is Cc1ccc(NC(=O)CN2C(=O)[C@@]3(SCC(=O)N3c3ccc(F)cc3)c3ccccc32)cc1. The molecule has 2 heterocycles. The van der Waals surface area contributed by atoms with E-state index in [1.54, 1.807) is 36.4 Å². The lowest BCUT2D eigenvalue weighted by Crippen LogP contribution is -2.50. The Morgan fingerprint density at radius 3 is 2.45 bits per heavy atom. The summed E-state index contributed by atoms with van der Waals surface area (Å²) in [6, 6.07) is 20.1. The van der Waals surface area contributed by atoms with Gasteiger partial charge in [-0.1, -0.05) is 35.9 Å². The van der Waals surface area contributed by atoms with Crippen LogP contribution in [0.25, 0.3) is 0 Å². The van der Waals surface area contributed by atoms with Gasteiger partial charge in [0.05, 0.1) is 11.4 Å². The van der Waals surface area contributed by atoms with E-state index >= 15 is 0 Å². The minimum absolute atomic E-state index is 0.0981. The van der Waals surface area contributed by atoms with Gasteiger partial charge in [0, 0.05) is 16.9 Å². The maximum Gasteiger partial charge on any atom is 0.269 e. The molecule has 0 saturated carbocycles. The highest BCUT2D eigenvalue weighted by atomic mass is 32.2. The number of fused-ring (bicyclic) bond motifs is 2. The average Bonchev–Trinajstić information content (AvgIpc) is 3.27. The lowest BCUT2D eigenvalue weighted by atomic mass is 10.0. The molecular formula is C25H20FN3O3S. The van der Waals surface area contributed by atoms with Gasteiger partial charge in [-0.25, -0.2) is 4.39 Å². The molecule has 6 nitrogen and oxygen atoms in total. The number of nitrogens with one attached hydrogen (secondary N) is 1. The normalized spacial score (nSPS) is 19.3. The molecule has 0 bridgehead atoms. The quantitative estimate of drug-likeness (QED) is 0.637. The number of amides is 3. The maximum absolute atomic E-state index is 13.9. The second kappa shape index (κ2) is 8.04. The van der Waals surface area contributed by atoms with Crippen LogP contribution in [0.15, 0.2) is 72.8 Å². The fourth-order valence-electron chi connectivity index (χ4n) is 4.28. The summed E-state index contributed by atoms with van der Waals surface area (Å²) in [4.78, 5) is 41.1. The van der Waals surface area contributed by atoms with Gasteiger partial charge in [-0.3, -0.25) is 24.2 Å². The third-order valence-electron chi connectivity index (χ3n) is 5.79. The van der Waals surface area contributed by atoms with Crippen molar-refractivity contribution in [2.75, 3.05) is 27.4 Å². The van der Waals surface area contributed by atoms with E-state index in [2.05, 4.69) is 5.32 Å². The predicted octanol–water partition coefficient (Wildman–Crippen LogP) is 4.05. The van der Waals surface area contributed by atoms with Crippen LogP contribution in [-0.2, 0) is 19.3 Å². The molecule has 1 saturated heterocycles.